The van der Waals surface area contributed by atoms with Gasteiger partial charge in [-0.25, -0.2) is 14.7 Å². The molecule has 1 aromatic rings. The third-order valence-electron chi connectivity index (χ3n) is 2.95. The molecule has 0 radical (unpaired) electrons. The van der Waals surface area contributed by atoms with E-state index in [0.717, 1.165) is 6.08 Å². The normalized spacial score (nSPS) is 10.9. The van der Waals surface area contributed by atoms with E-state index in [1.165, 1.54) is 36.5 Å². The molecule has 0 aliphatic heterocycles. The molecule has 0 spiro atoms. The highest BCUT2D eigenvalue weighted by atomic mass is 16.5. The summed E-state index contributed by atoms with van der Waals surface area (Å²) in [7, 11) is 4.06. The zero-order valence-electron chi connectivity index (χ0n) is 13.5. The Morgan fingerprint density at radius 2 is 2.04 bits per heavy atom. The maximum atomic E-state index is 12.0. The average Bonchev–Trinajstić information content (AvgIpc) is 2.56. The van der Waals surface area contributed by atoms with Crippen LogP contribution < -0.4 is 10.6 Å². The van der Waals surface area contributed by atoms with Gasteiger partial charge >= 0.3 is 11.9 Å². The number of nitrogens with zero attached hydrogens (tertiary/aromatic N) is 3. The van der Waals surface area contributed by atoms with Crippen molar-refractivity contribution in [3.63, 3.8) is 0 Å². The van der Waals surface area contributed by atoms with E-state index < -0.39 is 11.9 Å². The molecule has 0 saturated carbocycles. The first-order valence-corrected chi connectivity index (χ1v) is 6.88. The zero-order valence-corrected chi connectivity index (χ0v) is 13.5. The number of hydrogen-bond acceptors (Lipinski definition) is 8. The number of methoxy groups -OCH3 is 2. The number of ether oxygens (including phenoxy) is 2. The van der Waals surface area contributed by atoms with Crippen LogP contribution in [-0.2, 0) is 19.1 Å². The lowest BCUT2D eigenvalue weighted by atomic mass is 10.3. The fourth-order valence-corrected chi connectivity index (χ4v) is 1.84. The first-order valence-electron chi connectivity index (χ1n) is 6.88. The van der Waals surface area contributed by atoms with Crippen LogP contribution in [0, 0.1) is 0 Å². The summed E-state index contributed by atoms with van der Waals surface area (Å²) in [6.45, 7) is 2.31. The molecule has 1 aromatic heterocycles. The minimum atomic E-state index is -0.700. The van der Waals surface area contributed by atoms with Crippen LogP contribution in [0.15, 0.2) is 28.8 Å². The summed E-state index contributed by atoms with van der Waals surface area (Å²) in [5.41, 5.74) is 0.0493. The lowest BCUT2D eigenvalue weighted by Crippen LogP contribution is -2.43. The van der Waals surface area contributed by atoms with Gasteiger partial charge in [-0.2, -0.15) is 5.10 Å². The summed E-state index contributed by atoms with van der Waals surface area (Å²) in [4.78, 5) is 35.0. The third-order valence-corrected chi connectivity index (χ3v) is 2.95. The molecule has 0 aliphatic carbocycles. The quantitative estimate of drug-likeness (QED) is 0.426. The standard InChI is InChI=1S/C14H20N4O5/c1-5-6-18(11(14(21)23-4)8-13(20)22-3)17(2)10-7-12(19)16-15-9-10/h7-9H,5-6H2,1-4H3,(H,16,19)/b11-8+. The molecule has 0 aromatic carbocycles. The van der Waals surface area contributed by atoms with Crippen molar-refractivity contribution in [3.8, 4) is 0 Å². The Morgan fingerprint density at radius 3 is 2.57 bits per heavy atom. The summed E-state index contributed by atoms with van der Waals surface area (Å²) in [5, 5.41) is 9.04. The van der Waals surface area contributed by atoms with Gasteiger partial charge in [0, 0.05) is 19.7 Å². The van der Waals surface area contributed by atoms with Gasteiger partial charge in [0.05, 0.1) is 32.2 Å². The molecule has 0 atom stereocenters. The minimum Gasteiger partial charge on any atom is -0.466 e. The number of carbonyl (C=O) groups excluding carboxylic acids is 2. The minimum absolute atomic E-state index is 0.0102. The molecule has 0 aliphatic rings. The van der Waals surface area contributed by atoms with E-state index in [-0.39, 0.29) is 11.3 Å². The molecular formula is C14H20N4O5. The van der Waals surface area contributed by atoms with Gasteiger partial charge in [0.25, 0.3) is 5.56 Å². The van der Waals surface area contributed by atoms with Gasteiger partial charge in [-0.3, -0.25) is 14.8 Å². The van der Waals surface area contributed by atoms with E-state index in [9.17, 15) is 14.4 Å². The smallest absolute Gasteiger partial charge is 0.356 e. The van der Waals surface area contributed by atoms with Crippen molar-refractivity contribution >= 4 is 17.6 Å². The summed E-state index contributed by atoms with van der Waals surface area (Å²) >= 11 is 0. The first kappa shape index (κ1) is 18.2. The van der Waals surface area contributed by atoms with Crippen LogP contribution in [0.3, 0.4) is 0 Å². The van der Waals surface area contributed by atoms with Crippen LogP contribution in [0.2, 0.25) is 0 Å². The van der Waals surface area contributed by atoms with Crippen molar-refractivity contribution in [3.05, 3.63) is 34.4 Å². The Labute approximate surface area is 133 Å². The SMILES string of the molecule is CCCN(/C(=C/C(=O)OC)C(=O)OC)N(C)c1cn[nH]c(=O)c1. The van der Waals surface area contributed by atoms with Gasteiger partial charge in [-0.15, -0.1) is 0 Å². The number of nitrogens with one attached hydrogen (secondary N) is 1. The van der Waals surface area contributed by atoms with Crippen LogP contribution in [0.25, 0.3) is 0 Å². The number of aromatic nitrogens is 2. The predicted octanol–water partition coefficient (Wildman–Crippen LogP) is 0.0630. The number of hydrogen-bond donors (Lipinski definition) is 1. The van der Waals surface area contributed by atoms with Crippen LogP contribution in [-0.4, -0.2) is 55.0 Å². The second-order valence-corrected chi connectivity index (χ2v) is 4.49. The fourth-order valence-electron chi connectivity index (χ4n) is 1.84. The number of aromatic amines is 1. The van der Waals surface area contributed by atoms with Gasteiger partial charge in [0.2, 0.25) is 0 Å². The molecule has 9 heteroatoms. The number of hydrazine groups is 1. The van der Waals surface area contributed by atoms with Crippen LogP contribution >= 0.6 is 0 Å². The molecule has 1 N–H and O–H groups in total. The topological polar surface area (TPSA) is 105 Å². The van der Waals surface area contributed by atoms with Gasteiger partial charge < -0.3 is 9.47 Å². The molecule has 9 nitrogen and oxygen atoms in total. The largest absolute Gasteiger partial charge is 0.466 e. The molecular weight excluding hydrogens is 304 g/mol. The van der Waals surface area contributed by atoms with Gasteiger partial charge in [-0.1, -0.05) is 6.92 Å². The molecule has 0 amide bonds. The molecule has 1 rings (SSSR count). The zero-order chi connectivity index (χ0) is 17.4. The lowest BCUT2D eigenvalue weighted by Gasteiger charge is -2.35. The van der Waals surface area contributed by atoms with E-state index >= 15 is 0 Å². The molecule has 0 fully saturated rings. The van der Waals surface area contributed by atoms with Gasteiger partial charge in [0.1, 0.15) is 5.70 Å². The molecule has 1 heterocycles. The maximum Gasteiger partial charge on any atom is 0.356 e. The number of H-pyrrole nitrogens is 1. The number of rotatable bonds is 7. The van der Waals surface area contributed by atoms with E-state index in [2.05, 4.69) is 14.9 Å². The van der Waals surface area contributed by atoms with Gasteiger partial charge in [-0.05, 0) is 6.42 Å². The van der Waals surface area contributed by atoms with E-state index in [4.69, 9.17) is 4.74 Å². The Balaban J connectivity index is 3.28. The molecule has 0 saturated heterocycles. The van der Waals surface area contributed by atoms with Gasteiger partial charge in [0.15, 0.2) is 0 Å². The Kier molecular flexibility index (Phi) is 6.78. The number of esters is 2. The maximum absolute atomic E-state index is 12.0. The number of anilines is 1. The highest BCUT2D eigenvalue weighted by molar-refractivity contribution is 5.96. The predicted molar refractivity (Wildman–Crippen MR) is 82.4 cm³/mol. The van der Waals surface area contributed by atoms with Crippen LogP contribution in [0.1, 0.15) is 13.3 Å². The highest BCUT2D eigenvalue weighted by Crippen LogP contribution is 2.17. The third kappa shape index (κ3) is 4.83. The molecule has 0 unspecified atom stereocenters. The van der Waals surface area contributed by atoms with Crippen LogP contribution in [0.4, 0.5) is 5.69 Å². The Hall–Kier alpha value is -2.84. The molecule has 126 valence electrons. The molecule has 23 heavy (non-hydrogen) atoms. The van der Waals surface area contributed by atoms with Crippen LogP contribution in [0.5, 0.6) is 0 Å². The highest BCUT2D eigenvalue weighted by Gasteiger charge is 2.23. The van der Waals surface area contributed by atoms with Crippen molar-refractivity contribution < 1.29 is 19.1 Å². The van der Waals surface area contributed by atoms with E-state index in [0.29, 0.717) is 18.7 Å². The van der Waals surface area contributed by atoms with E-state index in [1.54, 1.807) is 7.05 Å². The van der Waals surface area contributed by atoms with Crippen molar-refractivity contribution in [1.82, 2.24) is 15.2 Å². The summed E-state index contributed by atoms with van der Waals surface area (Å²) in [5.74, 6) is -1.39. The second kappa shape index (κ2) is 8.57. The monoisotopic (exact) mass is 324 g/mol. The van der Waals surface area contributed by atoms with Crippen molar-refractivity contribution in [2.45, 2.75) is 13.3 Å². The fraction of sp³-hybridized carbons (Fsp3) is 0.429. The van der Waals surface area contributed by atoms with E-state index in [1.807, 2.05) is 6.92 Å². The molecule has 0 bridgehead atoms. The number of carbonyl (C=O) groups is 2. The van der Waals surface area contributed by atoms with Crippen molar-refractivity contribution in [1.29, 1.82) is 0 Å². The average molecular weight is 324 g/mol. The Bertz CT molecular complexity index is 640. The summed E-state index contributed by atoms with van der Waals surface area (Å²) in [6, 6.07) is 1.32. The van der Waals surface area contributed by atoms with Crippen molar-refractivity contribution in [2.24, 2.45) is 0 Å². The second-order valence-electron chi connectivity index (χ2n) is 4.49. The van der Waals surface area contributed by atoms with Crippen molar-refractivity contribution in [2.75, 3.05) is 32.8 Å². The summed E-state index contributed by atoms with van der Waals surface area (Å²) in [6.07, 6.45) is 3.15. The Morgan fingerprint density at radius 1 is 1.35 bits per heavy atom. The lowest BCUT2D eigenvalue weighted by molar-refractivity contribution is -0.140. The first-order chi connectivity index (χ1) is 10.9. The summed E-state index contributed by atoms with van der Waals surface area (Å²) < 4.78 is 9.30.